The van der Waals surface area contributed by atoms with Crippen LogP contribution in [0, 0.1) is 0 Å². The fourth-order valence-corrected chi connectivity index (χ4v) is 1.38. The van der Waals surface area contributed by atoms with E-state index in [-0.39, 0.29) is 16.4 Å². The lowest BCUT2D eigenvalue weighted by atomic mass is 10.3. The molecule has 6 heteroatoms. The Hall–Kier alpha value is -1.27. The van der Waals surface area contributed by atoms with Crippen molar-refractivity contribution in [1.82, 2.24) is 0 Å². The zero-order valence-corrected chi connectivity index (χ0v) is 7.71. The lowest BCUT2D eigenvalue weighted by molar-refractivity contribution is 0.372. The summed E-state index contributed by atoms with van der Waals surface area (Å²) in [6, 6.07) is 3.62. The van der Waals surface area contributed by atoms with Gasteiger partial charge in [-0.05, 0) is 12.1 Å². The fourth-order valence-electron chi connectivity index (χ4n) is 0.847. The number of phenolic OH excluding ortho intramolecular Hbond substituents is 1. The summed E-state index contributed by atoms with van der Waals surface area (Å²) in [4.78, 5) is -0.147. The van der Waals surface area contributed by atoms with Crippen LogP contribution in [0.5, 0.6) is 11.5 Å². The van der Waals surface area contributed by atoms with Gasteiger partial charge in [0.2, 0.25) is 10.0 Å². The van der Waals surface area contributed by atoms with Crippen LogP contribution in [0.15, 0.2) is 23.1 Å². The van der Waals surface area contributed by atoms with Gasteiger partial charge in [-0.1, -0.05) is 0 Å². The third kappa shape index (κ3) is 2.10. The highest BCUT2D eigenvalue weighted by Gasteiger charge is 2.10. The standard InChI is InChI=1S/C7H9NO4S/c1-12-7-3-2-5(4-6(7)9)13(8,10)11/h2-4,9H,1H3,(H2,8,10,11). The molecule has 0 saturated heterocycles. The summed E-state index contributed by atoms with van der Waals surface area (Å²) in [6.07, 6.45) is 0. The van der Waals surface area contributed by atoms with E-state index < -0.39 is 10.0 Å². The molecule has 1 rings (SSSR count). The Balaban J connectivity index is 3.26. The Labute approximate surface area is 75.8 Å². The van der Waals surface area contributed by atoms with Gasteiger partial charge in [0.15, 0.2) is 11.5 Å². The summed E-state index contributed by atoms with van der Waals surface area (Å²) < 4.78 is 26.3. The highest BCUT2D eigenvalue weighted by molar-refractivity contribution is 7.89. The molecule has 72 valence electrons. The maximum Gasteiger partial charge on any atom is 0.238 e. The van der Waals surface area contributed by atoms with Crippen molar-refractivity contribution in [3.05, 3.63) is 18.2 Å². The van der Waals surface area contributed by atoms with Crippen molar-refractivity contribution >= 4 is 10.0 Å². The van der Waals surface area contributed by atoms with Crippen molar-refractivity contribution < 1.29 is 18.3 Å². The molecule has 0 spiro atoms. The van der Waals surface area contributed by atoms with Crippen LogP contribution in [0.4, 0.5) is 0 Å². The maximum absolute atomic E-state index is 10.8. The van der Waals surface area contributed by atoms with Crippen molar-refractivity contribution in [2.24, 2.45) is 5.14 Å². The second kappa shape index (κ2) is 3.23. The van der Waals surface area contributed by atoms with Gasteiger partial charge in [0, 0.05) is 6.07 Å². The molecule has 0 heterocycles. The molecule has 0 aliphatic rings. The molecule has 0 aliphatic carbocycles. The summed E-state index contributed by atoms with van der Waals surface area (Å²) in [5, 5.41) is 14.0. The first kappa shape index (κ1) is 9.82. The third-order valence-corrected chi connectivity index (χ3v) is 2.39. The molecule has 13 heavy (non-hydrogen) atoms. The van der Waals surface area contributed by atoms with Crippen molar-refractivity contribution in [3.63, 3.8) is 0 Å². The normalized spacial score (nSPS) is 11.2. The smallest absolute Gasteiger partial charge is 0.238 e. The Morgan fingerprint density at radius 1 is 1.46 bits per heavy atom. The zero-order chi connectivity index (χ0) is 10.1. The number of methoxy groups -OCH3 is 1. The molecule has 0 aliphatic heterocycles. The van der Waals surface area contributed by atoms with Crippen LogP contribution >= 0.6 is 0 Å². The zero-order valence-electron chi connectivity index (χ0n) is 6.89. The number of primary sulfonamides is 1. The fraction of sp³-hybridized carbons (Fsp3) is 0.143. The number of aromatic hydroxyl groups is 1. The highest BCUT2D eigenvalue weighted by Crippen LogP contribution is 2.27. The van der Waals surface area contributed by atoms with E-state index in [2.05, 4.69) is 0 Å². The van der Waals surface area contributed by atoms with Crippen LogP contribution in [-0.2, 0) is 10.0 Å². The highest BCUT2D eigenvalue weighted by atomic mass is 32.2. The third-order valence-electron chi connectivity index (χ3n) is 1.48. The number of phenols is 1. The maximum atomic E-state index is 10.8. The van der Waals surface area contributed by atoms with Crippen LogP contribution in [0.25, 0.3) is 0 Å². The van der Waals surface area contributed by atoms with Crippen LogP contribution in [0.3, 0.4) is 0 Å². The first-order valence-corrected chi connectivity index (χ1v) is 4.89. The monoisotopic (exact) mass is 203 g/mol. The van der Waals surface area contributed by atoms with Gasteiger partial charge in [-0.25, -0.2) is 13.6 Å². The van der Waals surface area contributed by atoms with Crippen LogP contribution < -0.4 is 9.88 Å². The van der Waals surface area contributed by atoms with E-state index in [1.165, 1.54) is 19.2 Å². The quantitative estimate of drug-likeness (QED) is 0.710. The second-order valence-corrected chi connectivity index (χ2v) is 3.94. The van der Waals surface area contributed by atoms with Gasteiger partial charge in [0.25, 0.3) is 0 Å². The molecule has 0 bridgehead atoms. The van der Waals surface area contributed by atoms with E-state index in [4.69, 9.17) is 9.88 Å². The molecule has 0 radical (unpaired) electrons. The van der Waals surface area contributed by atoms with E-state index >= 15 is 0 Å². The molecule has 1 aromatic carbocycles. The number of nitrogens with two attached hydrogens (primary N) is 1. The van der Waals surface area contributed by atoms with E-state index in [1.54, 1.807) is 0 Å². The molecule has 0 aromatic heterocycles. The Kier molecular flexibility index (Phi) is 2.44. The minimum Gasteiger partial charge on any atom is -0.504 e. The molecule has 0 atom stereocenters. The molecule has 0 fully saturated rings. The van der Waals surface area contributed by atoms with Gasteiger partial charge in [-0.2, -0.15) is 0 Å². The van der Waals surface area contributed by atoms with Crippen LogP contribution in [0.1, 0.15) is 0 Å². The Bertz CT molecular complexity index is 413. The Morgan fingerprint density at radius 2 is 2.08 bits per heavy atom. The lowest BCUT2D eigenvalue weighted by Gasteiger charge is -2.03. The van der Waals surface area contributed by atoms with Gasteiger partial charge < -0.3 is 9.84 Å². The summed E-state index contributed by atoms with van der Waals surface area (Å²) in [6.45, 7) is 0. The van der Waals surface area contributed by atoms with Gasteiger partial charge in [-0.3, -0.25) is 0 Å². The molecule has 0 amide bonds. The first-order chi connectivity index (χ1) is 5.95. The summed E-state index contributed by atoms with van der Waals surface area (Å²) >= 11 is 0. The molecule has 0 saturated carbocycles. The average Bonchev–Trinajstić information content (AvgIpc) is 2.02. The topological polar surface area (TPSA) is 89.6 Å². The van der Waals surface area contributed by atoms with Gasteiger partial charge in [0.05, 0.1) is 12.0 Å². The molecule has 1 aromatic rings. The average molecular weight is 203 g/mol. The van der Waals surface area contributed by atoms with E-state index in [1.807, 2.05) is 0 Å². The lowest BCUT2D eigenvalue weighted by Crippen LogP contribution is -2.11. The number of hydrogen-bond donors (Lipinski definition) is 2. The summed E-state index contributed by atoms with van der Waals surface area (Å²) in [7, 11) is -2.40. The minimum absolute atomic E-state index is 0.147. The van der Waals surface area contributed by atoms with Gasteiger partial charge >= 0.3 is 0 Å². The number of rotatable bonds is 2. The molecule has 3 N–H and O–H groups in total. The van der Waals surface area contributed by atoms with Crippen molar-refractivity contribution in [2.45, 2.75) is 4.90 Å². The van der Waals surface area contributed by atoms with Gasteiger partial charge in [-0.15, -0.1) is 0 Å². The number of benzene rings is 1. The van der Waals surface area contributed by atoms with E-state index in [0.717, 1.165) is 6.07 Å². The van der Waals surface area contributed by atoms with Crippen molar-refractivity contribution in [3.8, 4) is 11.5 Å². The van der Waals surface area contributed by atoms with E-state index in [9.17, 15) is 13.5 Å². The summed E-state index contributed by atoms with van der Waals surface area (Å²) in [5.74, 6) is -0.0542. The minimum atomic E-state index is -3.77. The SMILES string of the molecule is COc1ccc(S(N)(=O)=O)cc1O. The van der Waals surface area contributed by atoms with Gasteiger partial charge in [0.1, 0.15) is 0 Å². The molecular weight excluding hydrogens is 194 g/mol. The van der Waals surface area contributed by atoms with Crippen LogP contribution in [-0.4, -0.2) is 20.6 Å². The first-order valence-electron chi connectivity index (χ1n) is 3.35. The summed E-state index contributed by atoms with van der Waals surface area (Å²) in [5.41, 5.74) is 0. The Morgan fingerprint density at radius 3 is 2.46 bits per heavy atom. The molecular formula is C7H9NO4S. The van der Waals surface area contributed by atoms with Crippen LogP contribution in [0.2, 0.25) is 0 Å². The number of ether oxygens (including phenoxy) is 1. The number of sulfonamides is 1. The molecule has 0 unspecified atom stereocenters. The largest absolute Gasteiger partial charge is 0.504 e. The van der Waals surface area contributed by atoms with Crippen molar-refractivity contribution in [1.29, 1.82) is 0 Å². The predicted molar refractivity (Wildman–Crippen MR) is 46.0 cm³/mol. The van der Waals surface area contributed by atoms with Crippen molar-refractivity contribution in [2.75, 3.05) is 7.11 Å². The number of hydrogen-bond acceptors (Lipinski definition) is 4. The molecule has 5 nitrogen and oxygen atoms in total. The second-order valence-electron chi connectivity index (χ2n) is 2.38. The van der Waals surface area contributed by atoms with E-state index in [0.29, 0.717) is 0 Å². The predicted octanol–water partition coefficient (Wildman–Crippen LogP) is 0.0482.